The summed E-state index contributed by atoms with van der Waals surface area (Å²) in [4.78, 5) is 14.0. The van der Waals surface area contributed by atoms with Gasteiger partial charge in [0.15, 0.2) is 0 Å². The zero-order chi connectivity index (χ0) is 14.8. The van der Waals surface area contributed by atoms with Gasteiger partial charge in [-0.25, -0.2) is 9.97 Å². The predicted octanol–water partition coefficient (Wildman–Crippen LogP) is 2.87. The maximum atomic E-state index is 4.54. The molecule has 0 atom stereocenters. The van der Waals surface area contributed by atoms with Crippen molar-refractivity contribution in [3.8, 4) is 0 Å². The Balaban J connectivity index is 1.66. The van der Waals surface area contributed by atoms with Crippen molar-refractivity contribution < 1.29 is 0 Å². The lowest BCUT2D eigenvalue weighted by molar-refractivity contribution is 0.188. The Bertz CT molecular complexity index is 462. The summed E-state index contributed by atoms with van der Waals surface area (Å²) in [5.41, 5.74) is 1.07. The van der Waals surface area contributed by atoms with Crippen LogP contribution >= 0.6 is 0 Å². The number of aromatic nitrogens is 2. The maximum Gasteiger partial charge on any atom is 0.132 e. The third-order valence-corrected chi connectivity index (χ3v) is 4.57. The molecule has 0 spiro atoms. The summed E-state index contributed by atoms with van der Waals surface area (Å²) in [5, 5.41) is 0. The van der Waals surface area contributed by atoms with Crippen molar-refractivity contribution in [1.82, 2.24) is 14.9 Å². The molecule has 116 valence electrons. The third-order valence-electron chi connectivity index (χ3n) is 4.57. The molecule has 21 heavy (non-hydrogen) atoms. The summed E-state index contributed by atoms with van der Waals surface area (Å²) in [5.74, 6) is 1.91. The van der Waals surface area contributed by atoms with E-state index < -0.39 is 0 Å². The Hall–Kier alpha value is -1.16. The van der Waals surface area contributed by atoms with Crippen molar-refractivity contribution in [3.63, 3.8) is 0 Å². The minimum Gasteiger partial charge on any atom is -0.350 e. The second-order valence-electron chi connectivity index (χ2n) is 7.08. The molecule has 0 N–H and O–H groups in total. The monoisotopic (exact) mass is 288 g/mol. The molecule has 0 amide bonds. The Kier molecular flexibility index (Phi) is 4.43. The molecule has 0 aromatic carbocycles. The Morgan fingerprint density at radius 3 is 2.38 bits per heavy atom. The first kappa shape index (κ1) is 14.8. The lowest BCUT2D eigenvalue weighted by Gasteiger charge is -2.40. The van der Waals surface area contributed by atoms with Crippen LogP contribution in [0.2, 0.25) is 0 Å². The van der Waals surface area contributed by atoms with Crippen LogP contribution in [0.15, 0.2) is 12.4 Å². The first-order valence-electron chi connectivity index (χ1n) is 8.43. The quantitative estimate of drug-likeness (QED) is 0.834. The van der Waals surface area contributed by atoms with Gasteiger partial charge in [0.05, 0.1) is 0 Å². The number of aryl methyl sites for hydroxylation is 1. The van der Waals surface area contributed by atoms with Gasteiger partial charge in [0.25, 0.3) is 0 Å². The number of rotatable bonds is 5. The first-order chi connectivity index (χ1) is 10.1. The number of hydrogen-bond acceptors (Lipinski definition) is 4. The van der Waals surface area contributed by atoms with E-state index in [-0.39, 0.29) is 0 Å². The molecule has 1 aromatic rings. The van der Waals surface area contributed by atoms with E-state index in [1.54, 1.807) is 6.33 Å². The standard InChI is InChI=1S/C17H28N4/c1-13(2)11-20-8-6-16(7-9-20)21(15-4-5-15)17-10-14(3)18-12-19-17/h10,12-13,15-16H,4-9,11H2,1-3H3. The number of piperidine rings is 1. The minimum atomic E-state index is 0.662. The van der Waals surface area contributed by atoms with Gasteiger partial charge in [0.1, 0.15) is 12.1 Å². The SMILES string of the molecule is Cc1cc(N(C2CC2)C2CCN(CC(C)C)CC2)ncn1. The maximum absolute atomic E-state index is 4.54. The molecule has 2 aliphatic rings. The molecule has 2 heterocycles. The fourth-order valence-electron chi connectivity index (χ4n) is 3.50. The molecule has 1 saturated carbocycles. The molecule has 1 saturated heterocycles. The number of hydrogen-bond donors (Lipinski definition) is 0. The van der Waals surface area contributed by atoms with Crippen molar-refractivity contribution in [2.45, 2.75) is 58.5 Å². The highest BCUT2D eigenvalue weighted by Crippen LogP contribution is 2.35. The van der Waals surface area contributed by atoms with E-state index in [2.05, 4.69) is 46.6 Å². The van der Waals surface area contributed by atoms with Crippen LogP contribution in [0.4, 0.5) is 5.82 Å². The average molecular weight is 288 g/mol. The zero-order valence-electron chi connectivity index (χ0n) is 13.6. The molecule has 3 rings (SSSR count). The summed E-state index contributed by atoms with van der Waals surface area (Å²) in [6.45, 7) is 10.4. The lowest BCUT2D eigenvalue weighted by Crippen LogP contribution is -2.47. The van der Waals surface area contributed by atoms with Crippen molar-refractivity contribution in [2.24, 2.45) is 5.92 Å². The van der Waals surface area contributed by atoms with Crippen LogP contribution in [0, 0.1) is 12.8 Å². The molecular weight excluding hydrogens is 260 g/mol. The topological polar surface area (TPSA) is 32.3 Å². The summed E-state index contributed by atoms with van der Waals surface area (Å²) >= 11 is 0. The van der Waals surface area contributed by atoms with Crippen molar-refractivity contribution in [1.29, 1.82) is 0 Å². The molecule has 2 fully saturated rings. The van der Waals surface area contributed by atoms with Crippen LogP contribution in [0.25, 0.3) is 0 Å². The normalized spacial score (nSPS) is 21.0. The predicted molar refractivity (Wildman–Crippen MR) is 86.6 cm³/mol. The molecular formula is C17H28N4. The molecule has 4 heteroatoms. The van der Waals surface area contributed by atoms with Crippen LogP contribution in [0.1, 0.15) is 45.2 Å². The smallest absolute Gasteiger partial charge is 0.132 e. The fraction of sp³-hybridized carbons (Fsp3) is 0.765. The number of likely N-dealkylation sites (tertiary alicyclic amines) is 1. The largest absolute Gasteiger partial charge is 0.350 e. The van der Waals surface area contributed by atoms with E-state index in [1.807, 2.05) is 0 Å². The molecule has 0 bridgehead atoms. The Labute approximate surface area is 128 Å². The van der Waals surface area contributed by atoms with Gasteiger partial charge in [0.2, 0.25) is 0 Å². The second kappa shape index (κ2) is 6.30. The van der Waals surface area contributed by atoms with Gasteiger partial charge in [-0.05, 0) is 38.5 Å². The van der Waals surface area contributed by atoms with Crippen molar-refractivity contribution in [3.05, 3.63) is 18.1 Å². The average Bonchev–Trinajstić information content (AvgIpc) is 3.25. The Morgan fingerprint density at radius 1 is 1.14 bits per heavy atom. The highest BCUT2D eigenvalue weighted by Gasteiger charge is 2.36. The highest BCUT2D eigenvalue weighted by atomic mass is 15.3. The second-order valence-corrected chi connectivity index (χ2v) is 7.08. The van der Waals surface area contributed by atoms with E-state index in [9.17, 15) is 0 Å². The van der Waals surface area contributed by atoms with E-state index >= 15 is 0 Å². The van der Waals surface area contributed by atoms with E-state index in [0.717, 1.165) is 23.5 Å². The van der Waals surface area contributed by atoms with E-state index in [4.69, 9.17) is 0 Å². The third kappa shape index (κ3) is 3.73. The fourth-order valence-corrected chi connectivity index (χ4v) is 3.50. The summed E-state index contributed by atoms with van der Waals surface area (Å²) in [6, 6.07) is 3.54. The van der Waals surface area contributed by atoms with Gasteiger partial charge < -0.3 is 9.80 Å². The van der Waals surface area contributed by atoms with Gasteiger partial charge in [-0.3, -0.25) is 0 Å². The molecule has 1 aromatic heterocycles. The van der Waals surface area contributed by atoms with Gasteiger partial charge in [-0.2, -0.15) is 0 Å². The van der Waals surface area contributed by atoms with Crippen LogP contribution < -0.4 is 4.90 Å². The number of anilines is 1. The lowest BCUT2D eigenvalue weighted by atomic mass is 10.0. The first-order valence-corrected chi connectivity index (χ1v) is 8.43. The summed E-state index contributed by atoms with van der Waals surface area (Å²) < 4.78 is 0. The highest BCUT2D eigenvalue weighted by molar-refractivity contribution is 5.43. The molecule has 0 radical (unpaired) electrons. The molecule has 0 unspecified atom stereocenters. The van der Waals surface area contributed by atoms with Crippen LogP contribution in [0.3, 0.4) is 0 Å². The molecule has 4 nitrogen and oxygen atoms in total. The zero-order valence-corrected chi connectivity index (χ0v) is 13.6. The van der Waals surface area contributed by atoms with Gasteiger partial charge in [-0.1, -0.05) is 13.8 Å². The van der Waals surface area contributed by atoms with Crippen LogP contribution in [0.5, 0.6) is 0 Å². The van der Waals surface area contributed by atoms with Gasteiger partial charge >= 0.3 is 0 Å². The minimum absolute atomic E-state index is 0.662. The van der Waals surface area contributed by atoms with Crippen molar-refractivity contribution in [2.75, 3.05) is 24.5 Å². The van der Waals surface area contributed by atoms with Crippen molar-refractivity contribution >= 4 is 5.82 Å². The summed E-state index contributed by atoms with van der Waals surface area (Å²) in [6.07, 6.45) is 6.91. The molecule has 1 aliphatic heterocycles. The number of nitrogens with zero attached hydrogens (tertiary/aromatic N) is 4. The van der Waals surface area contributed by atoms with Gasteiger partial charge in [-0.15, -0.1) is 0 Å². The summed E-state index contributed by atoms with van der Waals surface area (Å²) in [7, 11) is 0. The Morgan fingerprint density at radius 2 is 1.81 bits per heavy atom. The van der Waals surface area contributed by atoms with Gasteiger partial charge in [0, 0.05) is 43.5 Å². The van der Waals surface area contributed by atoms with E-state index in [0.29, 0.717) is 6.04 Å². The van der Waals surface area contributed by atoms with Crippen LogP contribution in [-0.4, -0.2) is 46.6 Å². The van der Waals surface area contributed by atoms with E-state index in [1.165, 1.54) is 45.3 Å². The molecule has 1 aliphatic carbocycles. The van der Waals surface area contributed by atoms with Crippen LogP contribution in [-0.2, 0) is 0 Å².